The predicted octanol–water partition coefficient (Wildman–Crippen LogP) is 2.94. The Bertz CT molecular complexity index is 368. The first-order chi connectivity index (χ1) is 8.22. The summed E-state index contributed by atoms with van der Waals surface area (Å²) in [4.78, 5) is 14.0. The lowest BCUT2D eigenvalue weighted by Gasteiger charge is -2.20. The van der Waals surface area contributed by atoms with Gasteiger partial charge in [-0.25, -0.2) is 0 Å². The Kier molecular flexibility index (Phi) is 6.05. The number of carbonyl (C=O) groups excluding carboxylic acids is 1. The van der Waals surface area contributed by atoms with Gasteiger partial charge in [-0.1, -0.05) is 22.0 Å². The maximum atomic E-state index is 12.2. The van der Waals surface area contributed by atoms with Crippen molar-refractivity contribution in [2.75, 3.05) is 25.5 Å². The maximum absolute atomic E-state index is 12.2. The number of hydrogen-bond donors (Lipinski definition) is 0. The number of halogens is 1. The van der Waals surface area contributed by atoms with Crippen molar-refractivity contribution in [1.82, 2.24) is 4.90 Å². The van der Waals surface area contributed by atoms with Crippen molar-refractivity contribution in [1.29, 1.82) is 0 Å². The van der Waals surface area contributed by atoms with E-state index in [-0.39, 0.29) is 5.91 Å². The number of nitrogens with zero attached hydrogens (tertiary/aromatic N) is 1. The molecule has 0 aliphatic rings. The summed E-state index contributed by atoms with van der Waals surface area (Å²) in [6, 6.07) is 7.27. The molecule has 94 valence electrons. The molecule has 3 nitrogen and oxygen atoms in total. The SMILES string of the molecule is CCN(CCCBr)C(=O)c1cccc(OC)c1. The van der Waals surface area contributed by atoms with Gasteiger partial charge in [0.1, 0.15) is 5.75 Å². The summed E-state index contributed by atoms with van der Waals surface area (Å²) < 4.78 is 5.12. The highest BCUT2D eigenvalue weighted by Crippen LogP contribution is 2.14. The Morgan fingerprint density at radius 3 is 2.82 bits per heavy atom. The van der Waals surface area contributed by atoms with Crippen LogP contribution in [0, 0.1) is 0 Å². The molecule has 0 aliphatic carbocycles. The van der Waals surface area contributed by atoms with Crippen LogP contribution in [0.15, 0.2) is 24.3 Å². The van der Waals surface area contributed by atoms with Crippen LogP contribution < -0.4 is 4.74 Å². The summed E-state index contributed by atoms with van der Waals surface area (Å²) in [6.45, 7) is 3.49. The molecular weight excluding hydrogens is 282 g/mol. The van der Waals surface area contributed by atoms with E-state index in [1.54, 1.807) is 13.2 Å². The average Bonchev–Trinajstić information content (AvgIpc) is 2.39. The molecule has 0 saturated heterocycles. The molecule has 0 unspecified atom stereocenters. The molecule has 0 fully saturated rings. The van der Waals surface area contributed by atoms with Crippen LogP contribution in [-0.4, -0.2) is 36.3 Å². The summed E-state index contributed by atoms with van der Waals surface area (Å²) >= 11 is 3.38. The lowest BCUT2D eigenvalue weighted by Crippen LogP contribution is -2.31. The van der Waals surface area contributed by atoms with Crippen LogP contribution in [-0.2, 0) is 0 Å². The van der Waals surface area contributed by atoms with Gasteiger partial charge in [-0.3, -0.25) is 4.79 Å². The topological polar surface area (TPSA) is 29.5 Å². The molecule has 0 N–H and O–H groups in total. The van der Waals surface area contributed by atoms with Crippen molar-refractivity contribution in [3.05, 3.63) is 29.8 Å². The Labute approximate surface area is 111 Å². The number of ether oxygens (including phenoxy) is 1. The number of benzene rings is 1. The Balaban J connectivity index is 2.78. The fraction of sp³-hybridized carbons (Fsp3) is 0.462. The molecule has 1 amide bonds. The molecule has 0 heterocycles. The molecule has 0 radical (unpaired) electrons. The number of rotatable bonds is 6. The van der Waals surface area contributed by atoms with Crippen molar-refractivity contribution in [2.24, 2.45) is 0 Å². The lowest BCUT2D eigenvalue weighted by molar-refractivity contribution is 0.0764. The number of carbonyl (C=O) groups is 1. The Morgan fingerprint density at radius 1 is 1.47 bits per heavy atom. The van der Waals surface area contributed by atoms with Gasteiger partial charge in [0.2, 0.25) is 0 Å². The van der Waals surface area contributed by atoms with E-state index in [0.29, 0.717) is 11.3 Å². The van der Waals surface area contributed by atoms with E-state index >= 15 is 0 Å². The van der Waals surface area contributed by atoms with Crippen LogP contribution in [0.3, 0.4) is 0 Å². The fourth-order valence-corrected chi connectivity index (χ4v) is 1.84. The van der Waals surface area contributed by atoms with Crippen LogP contribution in [0.25, 0.3) is 0 Å². The molecule has 0 spiro atoms. The van der Waals surface area contributed by atoms with E-state index in [1.807, 2.05) is 30.0 Å². The molecule has 0 aliphatic heterocycles. The summed E-state index contributed by atoms with van der Waals surface area (Å²) in [5, 5.41) is 0.912. The first-order valence-corrected chi connectivity index (χ1v) is 6.84. The van der Waals surface area contributed by atoms with Gasteiger partial charge in [-0.2, -0.15) is 0 Å². The first-order valence-electron chi connectivity index (χ1n) is 5.72. The highest BCUT2D eigenvalue weighted by molar-refractivity contribution is 9.09. The molecule has 1 rings (SSSR count). The summed E-state index contributed by atoms with van der Waals surface area (Å²) in [7, 11) is 1.60. The number of hydrogen-bond acceptors (Lipinski definition) is 2. The zero-order valence-electron chi connectivity index (χ0n) is 10.3. The minimum Gasteiger partial charge on any atom is -0.497 e. The largest absolute Gasteiger partial charge is 0.497 e. The number of amides is 1. The van der Waals surface area contributed by atoms with E-state index in [1.165, 1.54) is 0 Å². The molecule has 1 aromatic carbocycles. The lowest BCUT2D eigenvalue weighted by atomic mass is 10.2. The molecule has 0 bridgehead atoms. The van der Waals surface area contributed by atoms with Gasteiger partial charge >= 0.3 is 0 Å². The van der Waals surface area contributed by atoms with Crippen LogP contribution in [0.4, 0.5) is 0 Å². The highest BCUT2D eigenvalue weighted by atomic mass is 79.9. The van der Waals surface area contributed by atoms with E-state index in [9.17, 15) is 4.79 Å². The van der Waals surface area contributed by atoms with Crippen molar-refractivity contribution < 1.29 is 9.53 Å². The van der Waals surface area contributed by atoms with E-state index in [2.05, 4.69) is 15.9 Å². The smallest absolute Gasteiger partial charge is 0.253 e. The monoisotopic (exact) mass is 299 g/mol. The van der Waals surface area contributed by atoms with Crippen LogP contribution in [0.1, 0.15) is 23.7 Å². The first kappa shape index (κ1) is 14.0. The predicted molar refractivity (Wildman–Crippen MR) is 73.0 cm³/mol. The van der Waals surface area contributed by atoms with E-state index in [4.69, 9.17) is 4.74 Å². The fourth-order valence-electron chi connectivity index (χ4n) is 1.59. The van der Waals surface area contributed by atoms with Gasteiger partial charge in [0.25, 0.3) is 5.91 Å². The van der Waals surface area contributed by atoms with Crippen molar-refractivity contribution >= 4 is 21.8 Å². The second-order valence-electron chi connectivity index (χ2n) is 3.66. The van der Waals surface area contributed by atoms with Gasteiger partial charge in [0.05, 0.1) is 7.11 Å². The quantitative estimate of drug-likeness (QED) is 0.756. The van der Waals surface area contributed by atoms with Crippen LogP contribution >= 0.6 is 15.9 Å². The second-order valence-corrected chi connectivity index (χ2v) is 4.45. The summed E-state index contributed by atoms with van der Waals surface area (Å²) in [5.41, 5.74) is 0.681. The molecular formula is C13H18BrNO2. The highest BCUT2D eigenvalue weighted by Gasteiger charge is 2.13. The van der Waals surface area contributed by atoms with Gasteiger partial charge in [0, 0.05) is 24.0 Å². The summed E-state index contributed by atoms with van der Waals surface area (Å²) in [6.07, 6.45) is 0.962. The van der Waals surface area contributed by atoms with Gasteiger partial charge in [-0.15, -0.1) is 0 Å². The third-order valence-corrected chi connectivity index (χ3v) is 3.11. The van der Waals surface area contributed by atoms with E-state index < -0.39 is 0 Å². The molecule has 0 atom stereocenters. The maximum Gasteiger partial charge on any atom is 0.253 e. The minimum atomic E-state index is 0.0624. The van der Waals surface area contributed by atoms with Crippen LogP contribution in [0.5, 0.6) is 5.75 Å². The van der Waals surface area contributed by atoms with Gasteiger partial charge in [-0.05, 0) is 31.5 Å². The zero-order valence-corrected chi connectivity index (χ0v) is 11.9. The molecule has 17 heavy (non-hydrogen) atoms. The zero-order chi connectivity index (χ0) is 12.7. The standard InChI is InChI=1S/C13H18BrNO2/c1-3-15(9-5-8-14)13(16)11-6-4-7-12(10-11)17-2/h4,6-7,10H,3,5,8-9H2,1-2H3. The van der Waals surface area contributed by atoms with Crippen molar-refractivity contribution in [2.45, 2.75) is 13.3 Å². The molecule has 0 aromatic heterocycles. The second kappa shape index (κ2) is 7.33. The summed E-state index contributed by atoms with van der Waals surface area (Å²) in [5.74, 6) is 0.778. The third kappa shape index (κ3) is 4.04. The Morgan fingerprint density at radius 2 is 2.24 bits per heavy atom. The average molecular weight is 300 g/mol. The molecule has 4 heteroatoms. The number of alkyl halides is 1. The van der Waals surface area contributed by atoms with Gasteiger partial charge in [0.15, 0.2) is 0 Å². The van der Waals surface area contributed by atoms with Crippen LogP contribution in [0.2, 0.25) is 0 Å². The molecule has 0 saturated carbocycles. The minimum absolute atomic E-state index is 0.0624. The number of methoxy groups -OCH3 is 1. The Hall–Kier alpha value is -1.03. The van der Waals surface area contributed by atoms with Crippen molar-refractivity contribution in [3.8, 4) is 5.75 Å². The van der Waals surface area contributed by atoms with E-state index in [0.717, 1.165) is 24.8 Å². The third-order valence-electron chi connectivity index (χ3n) is 2.55. The van der Waals surface area contributed by atoms with Gasteiger partial charge < -0.3 is 9.64 Å². The molecule has 1 aromatic rings. The van der Waals surface area contributed by atoms with Crippen molar-refractivity contribution in [3.63, 3.8) is 0 Å². The normalized spacial score (nSPS) is 10.1.